The van der Waals surface area contributed by atoms with Crippen molar-refractivity contribution in [1.82, 2.24) is 0 Å². The number of nitrogens with two attached hydrogens (primary N) is 2. The van der Waals surface area contributed by atoms with E-state index in [-0.39, 0.29) is 5.54 Å². The van der Waals surface area contributed by atoms with Crippen LogP contribution < -0.4 is 11.5 Å². The molecule has 2 rings (SSSR count). The summed E-state index contributed by atoms with van der Waals surface area (Å²) in [6, 6.07) is 21.1. The molecule has 0 fully saturated rings. The monoisotopic (exact) mass is 296 g/mol. The molecule has 0 aliphatic rings. The molecule has 2 heteroatoms. The highest BCUT2D eigenvalue weighted by molar-refractivity contribution is 5.23. The Balaban J connectivity index is 2.19. The molecule has 0 amide bonds. The second-order valence-corrected chi connectivity index (χ2v) is 6.39. The molecule has 118 valence electrons. The van der Waals surface area contributed by atoms with Crippen LogP contribution in [0.1, 0.15) is 30.9 Å². The van der Waals surface area contributed by atoms with Crippen LogP contribution >= 0.6 is 0 Å². The fourth-order valence-electron chi connectivity index (χ4n) is 3.07. The lowest BCUT2D eigenvalue weighted by molar-refractivity contribution is 0.266. The van der Waals surface area contributed by atoms with E-state index < -0.39 is 0 Å². The van der Waals surface area contributed by atoms with Crippen LogP contribution in [0.2, 0.25) is 0 Å². The molecular formula is C20H28N2. The quantitative estimate of drug-likeness (QED) is 0.783. The fourth-order valence-corrected chi connectivity index (χ4v) is 3.07. The third kappa shape index (κ3) is 4.69. The van der Waals surface area contributed by atoms with Gasteiger partial charge in [-0.1, -0.05) is 67.6 Å². The highest BCUT2D eigenvalue weighted by Gasteiger charge is 2.31. The summed E-state index contributed by atoms with van der Waals surface area (Å²) in [5.74, 6) is 0.427. The summed E-state index contributed by atoms with van der Waals surface area (Å²) in [6.07, 6.45) is 3.90. The second kappa shape index (κ2) is 8.11. The topological polar surface area (TPSA) is 52.0 Å². The summed E-state index contributed by atoms with van der Waals surface area (Å²) >= 11 is 0. The summed E-state index contributed by atoms with van der Waals surface area (Å²) in [7, 11) is 0. The molecule has 2 nitrogen and oxygen atoms in total. The van der Waals surface area contributed by atoms with E-state index in [1.807, 2.05) is 0 Å². The molecule has 0 aliphatic carbocycles. The normalized spacial score (nSPS) is 13.0. The molecule has 1 unspecified atom stereocenters. The Labute approximate surface area is 134 Å². The first-order chi connectivity index (χ1) is 10.6. The molecule has 0 aliphatic heterocycles. The molecule has 2 aromatic carbocycles. The van der Waals surface area contributed by atoms with Gasteiger partial charge in [0.15, 0.2) is 0 Å². The van der Waals surface area contributed by atoms with Crippen LogP contribution in [0.25, 0.3) is 0 Å². The van der Waals surface area contributed by atoms with Gasteiger partial charge in [0.1, 0.15) is 0 Å². The van der Waals surface area contributed by atoms with Crippen molar-refractivity contribution in [2.24, 2.45) is 17.4 Å². The van der Waals surface area contributed by atoms with Crippen LogP contribution in [0, 0.1) is 5.92 Å². The molecule has 22 heavy (non-hydrogen) atoms. The van der Waals surface area contributed by atoms with Gasteiger partial charge in [-0.25, -0.2) is 0 Å². The summed E-state index contributed by atoms with van der Waals surface area (Å²) in [4.78, 5) is 0. The van der Waals surface area contributed by atoms with Crippen LogP contribution in [0.15, 0.2) is 60.7 Å². The van der Waals surface area contributed by atoms with Gasteiger partial charge < -0.3 is 11.5 Å². The van der Waals surface area contributed by atoms with Crippen LogP contribution in [-0.2, 0) is 12.8 Å². The average molecular weight is 296 g/mol. The molecular weight excluding hydrogens is 268 g/mol. The molecule has 0 saturated heterocycles. The van der Waals surface area contributed by atoms with E-state index in [9.17, 15) is 0 Å². The first kappa shape index (κ1) is 16.7. The van der Waals surface area contributed by atoms with Gasteiger partial charge in [-0.05, 0) is 49.3 Å². The van der Waals surface area contributed by atoms with E-state index in [4.69, 9.17) is 11.5 Å². The van der Waals surface area contributed by atoms with E-state index in [1.165, 1.54) is 11.1 Å². The van der Waals surface area contributed by atoms with Crippen molar-refractivity contribution in [3.63, 3.8) is 0 Å². The van der Waals surface area contributed by atoms with Gasteiger partial charge in [0.05, 0.1) is 0 Å². The smallest absolute Gasteiger partial charge is 0.0261 e. The van der Waals surface area contributed by atoms with Crippen LogP contribution in [0.5, 0.6) is 0 Å². The Hall–Kier alpha value is -1.64. The molecule has 0 bridgehead atoms. The largest absolute Gasteiger partial charge is 0.330 e. The van der Waals surface area contributed by atoms with Crippen LogP contribution in [0.3, 0.4) is 0 Å². The second-order valence-electron chi connectivity index (χ2n) is 6.39. The van der Waals surface area contributed by atoms with Gasteiger partial charge in [0.2, 0.25) is 0 Å². The number of hydrogen-bond acceptors (Lipinski definition) is 2. The van der Waals surface area contributed by atoms with E-state index in [1.54, 1.807) is 0 Å². The molecule has 0 saturated carbocycles. The van der Waals surface area contributed by atoms with Crippen LogP contribution in [0.4, 0.5) is 0 Å². The lowest BCUT2D eigenvalue weighted by Crippen LogP contribution is -2.50. The standard InChI is InChI=1S/C20H28N2/c1-17(9-8-14-21)20(22,15-18-10-4-2-5-11-18)16-19-12-6-3-7-13-19/h2-7,10-13,17H,8-9,14-16,21-22H2,1H3. The molecule has 0 radical (unpaired) electrons. The fraction of sp³-hybridized carbons (Fsp3) is 0.400. The Morgan fingerprint density at radius 1 is 0.864 bits per heavy atom. The van der Waals surface area contributed by atoms with Gasteiger partial charge in [0, 0.05) is 5.54 Å². The highest BCUT2D eigenvalue weighted by Crippen LogP contribution is 2.28. The minimum atomic E-state index is -0.238. The summed E-state index contributed by atoms with van der Waals surface area (Å²) < 4.78 is 0. The predicted octanol–water partition coefficient (Wildman–Crippen LogP) is 3.54. The molecule has 4 N–H and O–H groups in total. The van der Waals surface area contributed by atoms with E-state index >= 15 is 0 Å². The van der Waals surface area contributed by atoms with E-state index in [2.05, 4.69) is 67.6 Å². The maximum absolute atomic E-state index is 6.91. The third-order valence-corrected chi connectivity index (χ3v) is 4.57. The van der Waals surface area contributed by atoms with Gasteiger partial charge in [-0.15, -0.1) is 0 Å². The van der Waals surface area contributed by atoms with E-state index in [0.29, 0.717) is 5.92 Å². The van der Waals surface area contributed by atoms with Crippen molar-refractivity contribution in [3.8, 4) is 0 Å². The Bertz CT molecular complexity index is 495. The van der Waals surface area contributed by atoms with Gasteiger partial charge in [-0.3, -0.25) is 0 Å². The number of benzene rings is 2. The Kier molecular flexibility index (Phi) is 6.17. The number of rotatable bonds is 8. The van der Waals surface area contributed by atoms with Crippen molar-refractivity contribution in [3.05, 3.63) is 71.8 Å². The van der Waals surface area contributed by atoms with Crippen molar-refractivity contribution < 1.29 is 0 Å². The lowest BCUT2D eigenvalue weighted by atomic mass is 9.74. The minimum Gasteiger partial charge on any atom is -0.330 e. The van der Waals surface area contributed by atoms with Crippen molar-refractivity contribution >= 4 is 0 Å². The minimum absolute atomic E-state index is 0.238. The molecule has 0 spiro atoms. The zero-order valence-corrected chi connectivity index (χ0v) is 13.5. The lowest BCUT2D eigenvalue weighted by Gasteiger charge is -2.36. The zero-order chi connectivity index (χ0) is 15.8. The van der Waals surface area contributed by atoms with Crippen molar-refractivity contribution in [2.75, 3.05) is 6.54 Å². The molecule has 2 aromatic rings. The SMILES string of the molecule is CC(CCCN)C(N)(Cc1ccccc1)Cc1ccccc1. The number of hydrogen-bond donors (Lipinski definition) is 2. The Morgan fingerprint density at radius 3 is 1.73 bits per heavy atom. The maximum atomic E-state index is 6.91. The summed E-state index contributed by atoms with van der Waals surface area (Å²) in [5, 5.41) is 0. The van der Waals surface area contributed by atoms with E-state index in [0.717, 1.165) is 32.2 Å². The van der Waals surface area contributed by atoms with Crippen molar-refractivity contribution in [1.29, 1.82) is 0 Å². The average Bonchev–Trinajstić information content (AvgIpc) is 2.54. The predicted molar refractivity (Wildman–Crippen MR) is 94.7 cm³/mol. The Morgan fingerprint density at radius 2 is 1.32 bits per heavy atom. The van der Waals surface area contributed by atoms with Gasteiger partial charge >= 0.3 is 0 Å². The molecule has 0 aromatic heterocycles. The van der Waals surface area contributed by atoms with Crippen molar-refractivity contribution in [2.45, 2.75) is 38.1 Å². The summed E-state index contributed by atoms with van der Waals surface area (Å²) in [6.45, 7) is 3.00. The van der Waals surface area contributed by atoms with Gasteiger partial charge in [-0.2, -0.15) is 0 Å². The summed E-state index contributed by atoms with van der Waals surface area (Å²) in [5.41, 5.74) is 15.0. The molecule has 1 atom stereocenters. The maximum Gasteiger partial charge on any atom is 0.0261 e. The first-order valence-corrected chi connectivity index (χ1v) is 8.21. The van der Waals surface area contributed by atoms with Crippen LogP contribution in [-0.4, -0.2) is 12.1 Å². The molecule has 0 heterocycles. The first-order valence-electron chi connectivity index (χ1n) is 8.21. The zero-order valence-electron chi connectivity index (χ0n) is 13.5. The van der Waals surface area contributed by atoms with Gasteiger partial charge in [0.25, 0.3) is 0 Å². The highest BCUT2D eigenvalue weighted by atomic mass is 14.8. The third-order valence-electron chi connectivity index (χ3n) is 4.57.